The first-order chi connectivity index (χ1) is 9.17. The van der Waals surface area contributed by atoms with Crippen molar-refractivity contribution in [3.8, 4) is 0 Å². The lowest BCUT2D eigenvalue weighted by Crippen LogP contribution is -2.61. The van der Waals surface area contributed by atoms with Crippen molar-refractivity contribution in [1.82, 2.24) is 5.32 Å². The van der Waals surface area contributed by atoms with Gasteiger partial charge in [0.2, 0.25) is 0 Å². The summed E-state index contributed by atoms with van der Waals surface area (Å²) < 4.78 is 26.7. The standard InChI is InChI=1S/C15H20F2N2/c16-12-8-13(17)10-14(9-12)19-7-6-18-15(11-19)4-2-1-3-5-15/h8-10,18H,1-7,11H2. The molecule has 1 aromatic rings. The van der Waals surface area contributed by atoms with Crippen LogP contribution in [0.15, 0.2) is 18.2 Å². The zero-order chi connectivity index (χ0) is 13.3. The van der Waals surface area contributed by atoms with Crippen LogP contribution in [0, 0.1) is 11.6 Å². The Kier molecular flexibility index (Phi) is 3.44. The van der Waals surface area contributed by atoms with E-state index < -0.39 is 11.6 Å². The molecule has 0 atom stereocenters. The first-order valence-electron chi connectivity index (χ1n) is 7.13. The Morgan fingerprint density at radius 2 is 1.68 bits per heavy atom. The molecule has 1 saturated heterocycles. The summed E-state index contributed by atoms with van der Waals surface area (Å²) in [5.41, 5.74) is 0.822. The van der Waals surface area contributed by atoms with Crippen LogP contribution in [0.2, 0.25) is 0 Å². The monoisotopic (exact) mass is 266 g/mol. The third-order valence-electron chi connectivity index (χ3n) is 4.40. The Morgan fingerprint density at radius 3 is 2.37 bits per heavy atom. The van der Waals surface area contributed by atoms with Gasteiger partial charge in [-0.15, -0.1) is 0 Å². The van der Waals surface area contributed by atoms with E-state index in [2.05, 4.69) is 10.2 Å². The molecule has 1 saturated carbocycles. The average Bonchev–Trinajstić information content (AvgIpc) is 2.38. The highest BCUT2D eigenvalue weighted by atomic mass is 19.1. The third kappa shape index (κ3) is 2.73. The highest BCUT2D eigenvalue weighted by Gasteiger charge is 2.36. The molecule has 1 aliphatic carbocycles. The Bertz CT molecular complexity index is 430. The van der Waals surface area contributed by atoms with Gasteiger partial charge in [0.1, 0.15) is 11.6 Å². The van der Waals surface area contributed by atoms with Crippen molar-refractivity contribution in [3.05, 3.63) is 29.8 Å². The van der Waals surface area contributed by atoms with Gasteiger partial charge in [-0.1, -0.05) is 19.3 Å². The van der Waals surface area contributed by atoms with E-state index in [4.69, 9.17) is 0 Å². The molecule has 4 heteroatoms. The van der Waals surface area contributed by atoms with Gasteiger partial charge in [0.05, 0.1) is 0 Å². The summed E-state index contributed by atoms with van der Waals surface area (Å²) in [4.78, 5) is 2.12. The summed E-state index contributed by atoms with van der Waals surface area (Å²) in [7, 11) is 0. The van der Waals surface area contributed by atoms with Crippen LogP contribution in [0.5, 0.6) is 0 Å². The molecule has 1 N–H and O–H groups in total. The molecular weight excluding hydrogens is 246 g/mol. The minimum absolute atomic E-state index is 0.152. The van der Waals surface area contributed by atoms with E-state index in [0.717, 1.165) is 25.7 Å². The largest absolute Gasteiger partial charge is 0.368 e. The van der Waals surface area contributed by atoms with E-state index in [-0.39, 0.29) is 5.54 Å². The maximum atomic E-state index is 13.3. The predicted octanol–water partition coefficient (Wildman–Crippen LogP) is 3.08. The maximum Gasteiger partial charge on any atom is 0.128 e. The van der Waals surface area contributed by atoms with Gasteiger partial charge in [0.15, 0.2) is 0 Å². The molecule has 1 heterocycles. The zero-order valence-corrected chi connectivity index (χ0v) is 11.1. The quantitative estimate of drug-likeness (QED) is 0.840. The van der Waals surface area contributed by atoms with Crippen molar-refractivity contribution in [3.63, 3.8) is 0 Å². The van der Waals surface area contributed by atoms with E-state index in [9.17, 15) is 8.78 Å². The zero-order valence-electron chi connectivity index (χ0n) is 11.1. The number of hydrogen-bond donors (Lipinski definition) is 1. The lowest BCUT2D eigenvalue weighted by Gasteiger charge is -2.47. The topological polar surface area (TPSA) is 15.3 Å². The van der Waals surface area contributed by atoms with E-state index in [1.807, 2.05) is 0 Å². The minimum atomic E-state index is -0.494. The maximum absolute atomic E-state index is 13.3. The smallest absolute Gasteiger partial charge is 0.128 e. The summed E-state index contributed by atoms with van der Waals surface area (Å²) in [6, 6.07) is 3.80. The summed E-state index contributed by atoms with van der Waals surface area (Å²) >= 11 is 0. The second-order valence-electron chi connectivity index (χ2n) is 5.82. The highest BCUT2D eigenvalue weighted by molar-refractivity contribution is 5.48. The molecule has 1 aliphatic heterocycles. The third-order valence-corrected chi connectivity index (χ3v) is 4.40. The van der Waals surface area contributed by atoms with Gasteiger partial charge in [-0.2, -0.15) is 0 Å². The van der Waals surface area contributed by atoms with Crippen molar-refractivity contribution >= 4 is 5.69 Å². The molecule has 19 heavy (non-hydrogen) atoms. The van der Waals surface area contributed by atoms with Gasteiger partial charge < -0.3 is 10.2 Å². The van der Waals surface area contributed by atoms with Gasteiger partial charge >= 0.3 is 0 Å². The fourth-order valence-electron chi connectivity index (χ4n) is 3.46. The van der Waals surface area contributed by atoms with Crippen LogP contribution in [0.25, 0.3) is 0 Å². The first-order valence-corrected chi connectivity index (χ1v) is 7.13. The Morgan fingerprint density at radius 1 is 1.00 bits per heavy atom. The first kappa shape index (κ1) is 12.9. The molecule has 2 aliphatic rings. The van der Waals surface area contributed by atoms with Crippen LogP contribution in [0.3, 0.4) is 0 Å². The van der Waals surface area contributed by atoms with Crippen molar-refractivity contribution in [2.75, 3.05) is 24.5 Å². The number of anilines is 1. The summed E-state index contributed by atoms with van der Waals surface area (Å²) in [5, 5.41) is 3.63. The molecule has 3 rings (SSSR count). The second kappa shape index (κ2) is 5.08. The number of hydrogen-bond acceptors (Lipinski definition) is 2. The molecule has 0 unspecified atom stereocenters. The van der Waals surface area contributed by atoms with Gasteiger partial charge in [0, 0.05) is 36.9 Å². The number of benzene rings is 1. The van der Waals surface area contributed by atoms with Crippen molar-refractivity contribution < 1.29 is 8.78 Å². The lowest BCUT2D eigenvalue weighted by atomic mass is 9.80. The number of halogens is 2. The molecular formula is C15H20F2N2. The Labute approximate surface area is 112 Å². The normalized spacial score (nSPS) is 22.7. The molecule has 2 nitrogen and oxygen atoms in total. The minimum Gasteiger partial charge on any atom is -0.368 e. The van der Waals surface area contributed by atoms with Gasteiger partial charge in [-0.3, -0.25) is 0 Å². The predicted molar refractivity (Wildman–Crippen MR) is 72.4 cm³/mol. The van der Waals surface area contributed by atoms with E-state index in [1.165, 1.54) is 44.2 Å². The lowest BCUT2D eigenvalue weighted by molar-refractivity contribution is 0.216. The van der Waals surface area contributed by atoms with Crippen LogP contribution in [-0.2, 0) is 0 Å². The van der Waals surface area contributed by atoms with E-state index in [1.54, 1.807) is 0 Å². The summed E-state index contributed by atoms with van der Waals surface area (Å²) in [6.07, 6.45) is 6.14. The Hall–Kier alpha value is -1.16. The Balaban J connectivity index is 1.80. The molecule has 0 bridgehead atoms. The molecule has 1 aromatic carbocycles. The van der Waals surface area contributed by atoms with Crippen molar-refractivity contribution in [2.24, 2.45) is 0 Å². The van der Waals surface area contributed by atoms with Crippen molar-refractivity contribution in [1.29, 1.82) is 0 Å². The number of piperazine rings is 1. The fraction of sp³-hybridized carbons (Fsp3) is 0.600. The summed E-state index contributed by atoms with van der Waals surface area (Å²) in [6.45, 7) is 2.55. The molecule has 0 radical (unpaired) electrons. The molecule has 0 aromatic heterocycles. The van der Waals surface area contributed by atoms with Crippen LogP contribution >= 0.6 is 0 Å². The van der Waals surface area contributed by atoms with Gasteiger partial charge in [-0.25, -0.2) is 8.78 Å². The average molecular weight is 266 g/mol. The van der Waals surface area contributed by atoms with E-state index in [0.29, 0.717) is 5.69 Å². The van der Waals surface area contributed by atoms with Crippen molar-refractivity contribution in [2.45, 2.75) is 37.6 Å². The number of nitrogens with one attached hydrogen (secondary N) is 1. The second-order valence-corrected chi connectivity index (χ2v) is 5.82. The van der Waals surface area contributed by atoms with Gasteiger partial charge in [-0.05, 0) is 25.0 Å². The van der Waals surface area contributed by atoms with Gasteiger partial charge in [0.25, 0.3) is 0 Å². The molecule has 2 fully saturated rings. The molecule has 1 spiro atoms. The SMILES string of the molecule is Fc1cc(F)cc(N2CCNC3(CCCCC3)C2)c1. The van der Waals surface area contributed by atoms with Crippen LogP contribution < -0.4 is 10.2 Å². The molecule has 0 amide bonds. The fourth-order valence-corrected chi connectivity index (χ4v) is 3.46. The van der Waals surface area contributed by atoms with Crippen LogP contribution in [0.4, 0.5) is 14.5 Å². The number of rotatable bonds is 1. The van der Waals surface area contributed by atoms with Crippen LogP contribution in [-0.4, -0.2) is 25.2 Å². The number of nitrogens with zero attached hydrogens (tertiary/aromatic N) is 1. The van der Waals surface area contributed by atoms with Crippen LogP contribution in [0.1, 0.15) is 32.1 Å². The van der Waals surface area contributed by atoms with E-state index >= 15 is 0 Å². The molecule has 104 valence electrons. The highest BCUT2D eigenvalue weighted by Crippen LogP contribution is 2.32. The summed E-state index contributed by atoms with van der Waals surface area (Å²) in [5.74, 6) is -0.988.